The Morgan fingerprint density at radius 3 is 2.14 bits per heavy atom. The van der Waals surface area contributed by atoms with E-state index < -0.39 is 19.4 Å². The summed E-state index contributed by atoms with van der Waals surface area (Å²) >= 11 is 0. The molecule has 0 saturated heterocycles. The highest BCUT2D eigenvalue weighted by atomic mass is 31.2. The molecule has 0 radical (unpaired) electrons. The van der Waals surface area contributed by atoms with E-state index in [4.69, 9.17) is 13.8 Å². The number of esters is 1. The monoisotopic (exact) mass is 315 g/mol. The van der Waals surface area contributed by atoms with E-state index in [0.29, 0.717) is 5.56 Å². The lowest BCUT2D eigenvalue weighted by molar-refractivity contribution is -0.144. The van der Waals surface area contributed by atoms with Crippen molar-refractivity contribution in [2.75, 3.05) is 0 Å². The number of carbonyl (C=O) groups excluding carboxylic acids is 1. The maximum Gasteiger partial charge on any atom is 0.376 e. The summed E-state index contributed by atoms with van der Waals surface area (Å²) in [5.74, 6) is -1.70. The molecule has 1 heterocycles. The molecule has 1 aromatic heterocycles. The van der Waals surface area contributed by atoms with Crippen LogP contribution in [-0.4, -0.2) is 23.2 Å². The number of hydrogen-bond acceptors (Lipinski definition) is 6. The van der Waals surface area contributed by atoms with Gasteiger partial charge < -0.3 is 13.8 Å². The second-order valence-electron chi connectivity index (χ2n) is 5.10. The lowest BCUT2D eigenvalue weighted by Gasteiger charge is -2.29. The van der Waals surface area contributed by atoms with E-state index in [2.05, 4.69) is 4.98 Å². The van der Waals surface area contributed by atoms with Crippen LogP contribution >= 0.6 is 7.60 Å². The second kappa shape index (κ2) is 7.69. The first kappa shape index (κ1) is 17.8. The summed E-state index contributed by atoms with van der Waals surface area (Å²) in [4.78, 5) is 15.3. The van der Waals surface area contributed by atoms with Gasteiger partial charge in [-0.15, -0.1) is 0 Å². The Hall–Kier alpha value is -1.23. The third-order valence-corrected chi connectivity index (χ3v) is 4.66. The van der Waals surface area contributed by atoms with Gasteiger partial charge in [-0.25, -0.2) is 0 Å². The summed E-state index contributed by atoms with van der Waals surface area (Å²) < 4.78 is 29.3. The van der Waals surface area contributed by atoms with Crippen molar-refractivity contribution in [3.63, 3.8) is 0 Å². The summed E-state index contributed by atoms with van der Waals surface area (Å²) in [5.41, 5.74) is 0.470. The Morgan fingerprint density at radius 1 is 1.19 bits per heavy atom. The largest absolute Gasteiger partial charge is 0.444 e. The van der Waals surface area contributed by atoms with E-state index in [9.17, 15) is 9.36 Å². The fourth-order valence-electron chi connectivity index (χ4n) is 1.72. The number of pyridine rings is 1. The topological polar surface area (TPSA) is 74.7 Å². The number of rotatable bonds is 7. The zero-order valence-electron chi connectivity index (χ0n) is 13.0. The van der Waals surface area contributed by atoms with Crippen LogP contribution in [0.4, 0.5) is 0 Å². The third-order valence-electron chi connectivity index (χ3n) is 2.25. The van der Waals surface area contributed by atoms with Gasteiger partial charge in [-0.1, -0.05) is 6.07 Å². The molecule has 0 aliphatic carbocycles. The van der Waals surface area contributed by atoms with E-state index in [1.807, 2.05) is 0 Å². The first-order chi connectivity index (χ1) is 9.74. The van der Waals surface area contributed by atoms with Crippen LogP contribution in [0.1, 0.15) is 46.0 Å². The molecule has 0 spiro atoms. The number of ether oxygens (including phenoxy) is 1. The average Bonchev–Trinajstić information content (AvgIpc) is 2.34. The van der Waals surface area contributed by atoms with Crippen molar-refractivity contribution in [2.24, 2.45) is 0 Å². The van der Waals surface area contributed by atoms with Crippen molar-refractivity contribution in [3.05, 3.63) is 30.1 Å². The Morgan fingerprint density at radius 2 is 1.76 bits per heavy atom. The minimum absolute atomic E-state index is 0.343. The molecule has 0 N–H and O–H groups in total. The Balaban J connectivity index is 3.23. The van der Waals surface area contributed by atoms with Gasteiger partial charge in [0.2, 0.25) is 5.85 Å². The minimum Gasteiger partial charge on any atom is -0.444 e. The number of aromatic nitrogens is 1. The van der Waals surface area contributed by atoms with Gasteiger partial charge in [0.1, 0.15) is 0 Å². The first-order valence-corrected chi connectivity index (χ1v) is 8.39. The predicted molar refractivity (Wildman–Crippen MR) is 78.8 cm³/mol. The van der Waals surface area contributed by atoms with E-state index in [1.165, 1.54) is 13.1 Å². The summed E-state index contributed by atoms with van der Waals surface area (Å²) in [6, 6.07) is 3.33. The number of hydrogen-bond donors (Lipinski definition) is 0. The molecule has 7 heteroatoms. The Kier molecular flexibility index (Phi) is 6.52. The van der Waals surface area contributed by atoms with Crippen LogP contribution < -0.4 is 0 Å². The minimum atomic E-state index is -3.70. The Bertz CT molecular complexity index is 489. The zero-order valence-corrected chi connectivity index (χ0v) is 13.9. The number of carbonyl (C=O) groups is 1. The smallest absolute Gasteiger partial charge is 0.376 e. The molecule has 1 rings (SSSR count). The van der Waals surface area contributed by atoms with Crippen molar-refractivity contribution in [2.45, 2.75) is 52.7 Å². The molecular formula is C14H22NO5P. The van der Waals surface area contributed by atoms with E-state index in [-0.39, 0.29) is 12.2 Å². The molecule has 6 nitrogen and oxygen atoms in total. The van der Waals surface area contributed by atoms with Gasteiger partial charge in [-0.3, -0.25) is 14.3 Å². The zero-order chi connectivity index (χ0) is 16.0. The normalized spacial score (nSPS) is 13.5. The fourth-order valence-corrected chi connectivity index (χ4v) is 3.96. The number of nitrogens with zero attached hydrogens (tertiary/aromatic N) is 1. The van der Waals surface area contributed by atoms with Gasteiger partial charge in [0.25, 0.3) is 0 Å². The van der Waals surface area contributed by atoms with Gasteiger partial charge >= 0.3 is 13.6 Å². The molecule has 0 saturated carbocycles. The van der Waals surface area contributed by atoms with Crippen LogP contribution in [0.15, 0.2) is 24.5 Å². The van der Waals surface area contributed by atoms with Crippen LogP contribution in [0.2, 0.25) is 0 Å². The average molecular weight is 315 g/mol. The van der Waals surface area contributed by atoms with Crippen molar-refractivity contribution in [3.8, 4) is 0 Å². The van der Waals surface area contributed by atoms with Crippen molar-refractivity contribution in [1.82, 2.24) is 4.98 Å². The SMILES string of the molecule is CC(=O)O[C@H](c1cccnc1)P(=O)(OC(C)C)OC(C)C. The molecule has 1 atom stereocenters. The first-order valence-electron chi connectivity index (χ1n) is 6.78. The van der Waals surface area contributed by atoms with Crippen LogP contribution in [-0.2, 0) is 23.1 Å². The predicted octanol–water partition coefficient (Wildman–Crippen LogP) is 3.69. The molecule has 0 aliphatic heterocycles. The van der Waals surface area contributed by atoms with Gasteiger partial charge in [0.15, 0.2) is 0 Å². The molecule has 0 amide bonds. The molecule has 0 aliphatic rings. The highest BCUT2D eigenvalue weighted by Crippen LogP contribution is 2.62. The molecule has 0 aromatic carbocycles. The molecule has 0 fully saturated rings. The molecule has 21 heavy (non-hydrogen) atoms. The quantitative estimate of drug-likeness (QED) is 0.564. The highest BCUT2D eigenvalue weighted by molar-refractivity contribution is 7.54. The second-order valence-corrected chi connectivity index (χ2v) is 7.07. The molecule has 1 aromatic rings. The standard InChI is InChI=1S/C14H22NO5P/c1-10(2)19-21(17,20-11(3)4)14(18-12(5)16)13-7-6-8-15-9-13/h6-11,14H,1-5H3/t14-/m0/s1. The van der Waals surface area contributed by atoms with Gasteiger partial charge in [-0.2, -0.15) is 0 Å². The van der Waals surface area contributed by atoms with Crippen molar-refractivity contribution < 1.29 is 23.1 Å². The summed E-state index contributed by atoms with van der Waals surface area (Å²) in [5, 5.41) is 0. The molecule has 0 bridgehead atoms. The van der Waals surface area contributed by atoms with E-state index in [1.54, 1.807) is 46.0 Å². The van der Waals surface area contributed by atoms with Gasteiger partial charge in [-0.05, 0) is 33.8 Å². The van der Waals surface area contributed by atoms with Crippen LogP contribution in [0.25, 0.3) is 0 Å². The third kappa shape index (κ3) is 5.58. The van der Waals surface area contributed by atoms with Crippen LogP contribution in [0.5, 0.6) is 0 Å². The van der Waals surface area contributed by atoms with Crippen molar-refractivity contribution >= 4 is 13.6 Å². The Labute approximate surface area is 125 Å². The van der Waals surface area contributed by atoms with E-state index in [0.717, 1.165) is 0 Å². The van der Waals surface area contributed by atoms with E-state index >= 15 is 0 Å². The highest BCUT2D eigenvalue weighted by Gasteiger charge is 2.42. The van der Waals surface area contributed by atoms with Gasteiger partial charge in [0, 0.05) is 24.9 Å². The van der Waals surface area contributed by atoms with Crippen molar-refractivity contribution in [1.29, 1.82) is 0 Å². The molecule has 0 unspecified atom stereocenters. The molecule has 118 valence electrons. The van der Waals surface area contributed by atoms with Crippen LogP contribution in [0, 0.1) is 0 Å². The lowest BCUT2D eigenvalue weighted by atomic mass is 10.3. The summed E-state index contributed by atoms with van der Waals surface area (Å²) in [7, 11) is -3.70. The van der Waals surface area contributed by atoms with Gasteiger partial charge in [0.05, 0.1) is 12.2 Å². The lowest BCUT2D eigenvalue weighted by Crippen LogP contribution is -2.17. The maximum atomic E-state index is 13.1. The summed E-state index contributed by atoms with van der Waals surface area (Å²) in [6.07, 6.45) is 2.37. The summed E-state index contributed by atoms with van der Waals surface area (Å²) in [6.45, 7) is 8.21. The fraction of sp³-hybridized carbons (Fsp3) is 0.571. The van der Waals surface area contributed by atoms with Crippen LogP contribution in [0.3, 0.4) is 0 Å². The molecular weight excluding hydrogens is 293 g/mol. The maximum absolute atomic E-state index is 13.1.